The van der Waals surface area contributed by atoms with Gasteiger partial charge in [-0.3, -0.25) is 19.8 Å². The Balaban J connectivity index is 1.71. The summed E-state index contributed by atoms with van der Waals surface area (Å²) in [6, 6.07) is 18.6. The van der Waals surface area contributed by atoms with Crippen molar-refractivity contribution in [2.75, 3.05) is 12.0 Å². The number of anilines is 1. The van der Waals surface area contributed by atoms with E-state index in [-0.39, 0.29) is 10.7 Å². The fourth-order valence-electron chi connectivity index (χ4n) is 3.22. The molecular formula is C23H19N3O3S. The summed E-state index contributed by atoms with van der Waals surface area (Å²) in [4.78, 5) is 27.1. The lowest BCUT2D eigenvalue weighted by atomic mass is 10.1. The van der Waals surface area contributed by atoms with Crippen molar-refractivity contribution in [2.45, 2.75) is 6.92 Å². The van der Waals surface area contributed by atoms with Crippen molar-refractivity contribution in [3.05, 3.63) is 83.7 Å². The Morgan fingerprint density at radius 3 is 2.30 bits per heavy atom. The highest BCUT2D eigenvalue weighted by Gasteiger charge is 2.34. The lowest BCUT2D eigenvalue weighted by molar-refractivity contribution is -0.122. The second-order valence-corrected chi connectivity index (χ2v) is 7.18. The fraction of sp³-hybridized carbons (Fsp3) is 0.0870. The molecule has 0 saturated carbocycles. The van der Waals surface area contributed by atoms with Crippen molar-refractivity contribution in [1.29, 1.82) is 0 Å². The van der Waals surface area contributed by atoms with Gasteiger partial charge in [0.05, 0.1) is 12.8 Å². The number of carbonyl (C=O) groups excluding carboxylic acids is 2. The number of carbonyl (C=O) groups is 2. The molecule has 1 saturated heterocycles. The first-order valence-electron chi connectivity index (χ1n) is 9.28. The average Bonchev–Trinajstić information content (AvgIpc) is 3.20. The minimum absolute atomic E-state index is 0.00600. The van der Waals surface area contributed by atoms with Crippen molar-refractivity contribution in [2.24, 2.45) is 0 Å². The van der Waals surface area contributed by atoms with E-state index in [1.165, 1.54) is 4.90 Å². The van der Waals surface area contributed by atoms with E-state index in [9.17, 15) is 9.59 Å². The maximum absolute atomic E-state index is 13.2. The molecule has 150 valence electrons. The number of hydrogen-bond donors (Lipinski definition) is 1. The maximum Gasteiger partial charge on any atom is 0.270 e. The van der Waals surface area contributed by atoms with Crippen LogP contribution in [0, 0.1) is 6.92 Å². The van der Waals surface area contributed by atoms with Gasteiger partial charge < -0.3 is 9.30 Å². The second-order valence-electron chi connectivity index (χ2n) is 6.79. The Morgan fingerprint density at radius 1 is 0.967 bits per heavy atom. The molecule has 0 spiro atoms. The molecule has 1 aromatic heterocycles. The van der Waals surface area contributed by atoms with Crippen molar-refractivity contribution < 1.29 is 14.3 Å². The lowest BCUT2D eigenvalue weighted by Crippen LogP contribution is -2.54. The summed E-state index contributed by atoms with van der Waals surface area (Å²) in [6.07, 6.45) is 3.46. The Kier molecular flexibility index (Phi) is 5.20. The minimum atomic E-state index is -0.522. The number of aromatic nitrogens is 1. The molecule has 1 aliphatic rings. The van der Waals surface area contributed by atoms with Crippen LogP contribution in [0.3, 0.4) is 0 Å². The van der Waals surface area contributed by atoms with Crippen molar-refractivity contribution in [3.8, 4) is 11.4 Å². The smallest absolute Gasteiger partial charge is 0.270 e. The highest BCUT2D eigenvalue weighted by atomic mass is 32.1. The van der Waals surface area contributed by atoms with Crippen molar-refractivity contribution in [1.82, 2.24) is 9.88 Å². The van der Waals surface area contributed by atoms with Gasteiger partial charge in [-0.1, -0.05) is 17.7 Å². The van der Waals surface area contributed by atoms with Crippen LogP contribution in [-0.2, 0) is 9.59 Å². The van der Waals surface area contributed by atoms with Crippen LogP contribution in [0.2, 0.25) is 0 Å². The number of aryl methyl sites for hydroxylation is 1. The van der Waals surface area contributed by atoms with Gasteiger partial charge >= 0.3 is 0 Å². The first-order chi connectivity index (χ1) is 14.5. The van der Waals surface area contributed by atoms with E-state index in [0.717, 1.165) is 11.3 Å². The van der Waals surface area contributed by atoms with Crippen LogP contribution in [0.4, 0.5) is 5.69 Å². The van der Waals surface area contributed by atoms with E-state index in [1.54, 1.807) is 37.5 Å². The predicted molar refractivity (Wildman–Crippen MR) is 120 cm³/mol. The molecule has 1 N–H and O–H groups in total. The van der Waals surface area contributed by atoms with E-state index in [0.29, 0.717) is 17.1 Å². The number of thiocarbonyl (C=S) groups is 1. The highest BCUT2D eigenvalue weighted by Crippen LogP contribution is 2.25. The number of amides is 2. The zero-order valence-electron chi connectivity index (χ0n) is 16.5. The van der Waals surface area contributed by atoms with Gasteiger partial charge in [0.1, 0.15) is 11.3 Å². The van der Waals surface area contributed by atoms with Crippen LogP contribution in [0.25, 0.3) is 11.8 Å². The first kappa shape index (κ1) is 19.6. The van der Waals surface area contributed by atoms with Crippen LogP contribution in [0.15, 0.2) is 72.4 Å². The van der Waals surface area contributed by atoms with E-state index >= 15 is 0 Å². The number of rotatable bonds is 4. The molecule has 6 nitrogen and oxygen atoms in total. The molecule has 7 heteroatoms. The summed E-state index contributed by atoms with van der Waals surface area (Å²) in [5.74, 6) is -0.346. The summed E-state index contributed by atoms with van der Waals surface area (Å²) < 4.78 is 7.08. The third-order valence-corrected chi connectivity index (χ3v) is 5.10. The Bertz CT molecular complexity index is 1160. The Morgan fingerprint density at radius 2 is 1.63 bits per heavy atom. The lowest BCUT2D eigenvalue weighted by Gasteiger charge is -2.29. The number of hydrogen-bond acceptors (Lipinski definition) is 4. The first-order valence-corrected chi connectivity index (χ1v) is 9.68. The fourth-order valence-corrected chi connectivity index (χ4v) is 3.50. The quantitative estimate of drug-likeness (QED) is 0.400. The third-order valence-electron chi connectivity index (χ3n) is 4.82. The number of nitrogens with one attached hydrogen (secondary N) is 1. The maximum atomic E-state index is 13.2. The summed E-state index contributed by atoms with van der Waals surface area (Å²) in [5, 5.41) is 2.65. The molecule has 2 aromatic carbocycles. The Hall–Kier alpha value is -3.71. The van der Waals surface area contributed by atoms with E-state index in [1.807, 2.05) is 54.1 Å². The molecule has 0 radical (unpaired) electrons. The molecule has 4 rings (SSSR count). The molecule has 0 unspecified atom stereocenters. The van der Waals surface area contributed by atoms with Crippen LogP contribution >= 0.6 is 12.2 Å². The highest BCUT2D eigenvalue weighted by molar-refractivity contribution is 7.80. The topological polar surface area (TPSA) is 63.6 Å². The largest absolute Gasteiger partial charge is 0.497 e. The van der Waals surface area contributed by atoms with Crippen molar-refractivity contribution >= 4 is 40.9 Å². The molecular weight excluding hydrogens is 398 g/mol. The molecule has 1 fully saturated rings. The summed E-state index contributed by atoms with van der Waals surface area (Å²) in [5.41, 5.74) is 3.34. The minimum Gasteiger partial charge on any atom is -0.497 e. The Labute approximate surface area is 179 Å². The van der Waals surface area contributed by atoms with Crippen LogP contribution in [0.5, 0.6) is 5.75 Å². The summed E-state index contributed by atoms with van der Waals surface area (Å²) in [7, 11) is 1.57. The van der Waals surface area contributed by atoms with E-state index in [2.05, 4.69) is 5.32 Å². The molecule has 1 aliphatic heterocycles. The van der Waals surface area contributed by atoms with Gasteiger partial charge in [-0.15, -0.1) is 0 Å². The number of methoxy groups -OCH3 is 1. The van der Waals surface area contributed by atoms with E-state index in [4.69, 9.17) is 17.0 Å². The van der Waals surface area contributed by atoms with Crippen LogP contribution in [-0.4, -0.2) is 28.6 Å². The molecule has 0 bridgehead atoms. The van der Waals surface area contributed by atoms with E-state index < -0.39 is 11.8 Å². The number of benzene rings is 2. The molecule has 0 aliphatic carbocycles. The second kappa shape index (κ2) is 7.96. The third kappa shape index (κ3) is 3.62. The molecule has 0 atom stereocenters. The van der Waals surface area contributed by atoms with Gasteiger partial charge in [-0.05, 0) is 73.7 Å². The van der Waals surface area contributed by atoms with Gasteiger partial charge in [0.15, 0.2) is 5.11 Å². The molecule has 2 heterocycles. The standard InChI is InChI=1S/C23H19N3O3S/c1-15-5-7-16(8-6-15)25-13-3-4-18(25)14-20-21(27)24-23(30)26(22(20)28)17-9-11-19(29-2)12-10-17/h3-14H,1-2H3,(H,24,27,30)/b20-14-. The van der Waals surface area contributed by atoms with Gasteiger partial charge in [0, 0.05) is 17.6 Å². The summed E-state index contributed by atoms with van der Waals surface area (Å²) >= 11 is 5.25. The van der Waals surface area contributed by atoms with Gasteiger partial charge in [0.2, 0.25) is 0 Å². The van der Waals surface area contributed by atoms with Gasteiger partial charge in [0.25, 0.3) is 11.8 Å². The molecule has 30 heavy (non-hydrogen) atoms. The monoisotopic (exact) mass is 417 g/mol. The predicted octanol–water partition coefficient (Wildman–Crippen LogP) is 3.63. The number of ether oxygens (including phenoxy) is 1. The number of nitrogens with zero attached hydrogens (tertiary/aromatic N) is 2. The SMILES string of the molecule is COc1ccc(N2C(=O)/C(=C\c3cccn3-c3ccc(C)cc3)C(=O)NC2=S)cc1. The van der Waals surface area contributed by atoms with Crippen LogP contribution < -0.4 is 15.0 Å². The molecule has 2 amide bonds. The van der Waals surface area contributed by atoms with Crippen LogP contribution in [0.1, 0.15) is 11.3 Å². The summed E-state index contributed by atoms with van der Waals surface area (Å²) in [6.45, 7) is 2.02. The normalized spacial score (nSPS) is 15.5. The van der Waals surface area contributed by atoms with Crippen molar-refractivity contribution in [3.63, 3.8) is 0 Å². The van der Waals surface area contributed by atoms with Gasteiger partial charge in [-0.25, -0.2) is 0 Å². The zero-order chi connectivity index (χ0) is 21.3. The molecule has 3 aromatic rings. The average molecular weight is 417 g/mol. The van der Waals surface area contributed by atoms with Gasteiger partial charge in [-0.2, -0.15) is 0 Å². The zero-order valence-corrected chi connectivity index (χ0v) is 17.3.